The van der Waals surface area contributed by atoms with Gasteiger partial charge in [0.25, 0.3) is 0 Å². The van der Waals surface area contributed by atoms with E-state index in [0.717, 1.165) is 0 Å². The maximum Gasteiger partial charge on any atom is 0 e. The van der Waals surface area contributed by atoms with Crippen molar-refractivity contribution in [2.24, 2.45) is 0 Å². The first-order chi connectivity index (χ1) is 16.4. The smallest absolute Gasteiger partial charge is 0 e. The Kier molecular flexibility index (Phi) is 33.8. The predicted molar refractivity (Wildman–Crippen MR) is 174 cm³/mol. The molecule has 2 rings (SSSR count). The van der Waals surface area contributed by atoms with Crippen molar-refractivity contribution >= 4 is 39.2 Å². The predicted octanol–water partition coefficient (Wildman–Crippen LogP) is 10.5. The van der Waals surface area contributed by atoms with Crippen molar-refractivity contribution in [1.29, 1.82) is 0 Å². The van der Waals surface area contributed by atoms with Crippen molar-refractivity contribution in [3.8, 4) is 0 Å². The fourth-order valence-corrected chi connectivity index (χ4v) is 19.8. The van der Waals surface area contributed by atoms with E-state index in [4.69, 9.17) is 0 Å². The minimum atomic E-state index is -1.62. The van der Waals surface area contributed by atoms with E-state index in [1.807, 2.05) is 30.3 Å². The van der Waals surface area contributed by atoms with Gasteiger partial charge in [-0.25, -0.2) is 0 Å². The Morgan fingerprint density at radius 3 is 1.03 bits per heavy atom. The Morgan fingerprint density at radius 1 is 0.568 bits per heavy atom. The molecule has 0 aliphatic carbocycles. The van der Waals surface area contributed by atoms with Crippen molar-refractivity contribution in [2.45, 2.75) is 89.9 Å². The van der Waals surface area contributed by atoms with Gasteiger partial charge in [-0.15, -0.1) is 15.8 Å². The molecule has 0 fully saturated rings. The molecule has 0 heterocycles. The molecule has 0 amide bonds. The van der Waals surface area contributed by atoms with Crippen LogP contribution in [0.3, 0.4) is 0 Å². The van der Waals surface area contributed by atoms with Crippen LogP contribution < -0.4 is 3.58 Å². The van der Waals surface area contributed by atoms with E-state index in [9.17, 15) is 0 Å². The Labute approximate surface area is 270 Å². The summed E-state index contributed by atoms with van der Waals surface area (Å²) in [6.07, 6.45) is 8.51. The second-order valence-electron chi connectivity index (χ2n) is 10.6. The molecule has 0 saturated heterocycles. The van der Waals surface area contributed by atoms with Crippen LogP contribution in [0.5, 0.6) is 0 Å². The maximum absolute atomic E-state index is 2.89. The van der Waals surface area contributed by atoms with Crippen LogP contribution in [0.2, 0.25) is 6.86 Å². The average molecular weight is 869 g/mol. The summed E-state index contributed by atoms with van der Waals surface area (Å²) in [6.45, 7) is 28.2. The van der Waals surface area contributed by atoms with Crippen LogP contribution in [-0.2, 0) is 39.6 Å². The molecule has 0 N–H and O–H groups in total. The van der Waals surface area contributed by atoms with Gasteiger partial charge in [-0.05, 0) is 37.0 Å². The van der Waals surface area contributed by atoms with Crippen molar-refractivity contribution in [3.05, 3.63) is 66.7 Å². The molecule has 0 aliphatic heterocycles. The van der Waals surface area contributed by atoms with E-state index in [2.05, 4.69) is 119 Å². The normalized spacial score (nSPS) is 10.6. The third kappa shape index (κ3) is 24.9. The molecule has 37 heavy (non-hydrogen) atoms. The summed E-state index contributed by atoms with van der Waals surface area (Å²) in [6, 6.07) is 23.7. The van der Waals surface area contributed by atoms with Crippen LogP contribution in [0.15, 0.2) is 60.7 Å². The molecule has 2 aromatic carbocycles. The second-order valence-corrected chi connectivity index (χ2v) is 29.4. The van der Waals surface area contributed by atoms with Gasteiger partial charge in [-0.3, -0.25) is 0 Å². The van der Waals surface area contributed by atoms with Gasteiger partial charge < -0.3 is 0 Å². The molecular formula is C32H58P2PtSnV-. The molecule has 0 nitrogen and oxygen atoms in total. The van der Waals surface area contributed by atoms with Gasteiger partial charge in [0.05, 0.1) is 0 Å². The van der Waals surface area contributed by atoms with E-state index in [-0.39, 0.29) is 39.6 Å². The first-order valence-corrected chi connectivity index (χ1v) is 21.8. The Hall–Kier alpha value is 1.37. The minimum absolute atomic E-state index is 0. The molecule has 0 atom stereocenters. The fourth-order valence-electron chi connectivity index (χ4n) is 4.28. The first-order valence-electron chi connectivity index (χ1n) is 13.7. The summed E-state index contributed by atoms with van der Waals surface area (Å²) in [7, 11) is 0.892. The zero-order chi connectivity index (χ0) is 27.3. The largest absolute Gasteiger partial charge is 0.184 e. The van der Waals surface area contributed by atoms with Crippen LogP contribution in [0.4, 0.5) is 0 Å². The fraction of sp³-hybridized carbons (Fsp3) is 0.625. The Bertz CT molecular complexity index is 616. The molecular weight excluding hydrogens is 811 g/mol. The number of rotatable bonds is 7. The van der Waals surface area contributed by atoms with Crippen molar-refractivity contribution in [3.63, 3.8) is 0 Å². The molecule has 0 bridgehead atoms. The maximum atomic E-state index is 2.89. The van der Waals surface area contributed by atoms with E-state index in [1.165, 1.54) is 37.0 Å². The van der Waals surface area contributed by atoms with Crippen LogP contribution in [-0.4, -0.2) is 56.7 Å². The molecule has 5 heteroatoms. The average Bonchev–Trinajstić information content (AvgIpc) is 2.83. The van der Waals surface area contributed by atoms with Crippen molar-refractivity contribution in [1.82, 2.24) is 0 Å². The van der Waals surface area contributed by atoms with Crippen LogP contribution in [0.25, 0.3) is 0 Å². The summed E-state index contributed by atoms with van der Waals surface area (Å²) >= 11 is -1.62. The van der Waals surface area contributed by atoms with Gasteiger partial charge in [0, 0.05) is 39.6 Å². The monoisotopic (exact) mass is 870 g/mol. The topological polar surface area (TPSA) is 0 Å². The third-order valence-corrected chi connectivity index (χ3v) is 22.4. The van der Waals surface area contributed by atoms with Crippen LogP contribution in [0.1, 0.15) is 83.1 Å². The Balaban J connectivity index is -0.000000210. The molecule has 216 valence electrons. The zero-order valence-corrected chi connectivity index (χ0v) is 34.5. The molecule has 0 aromatic heterocycles. The third-order valence-electron chi connectivity index (χ3n) is 5.85. The summed E-state index contributed by atoms with van der Waals surface area (Å²) in [5, 5.41) is 0. The second kappa shape index (κ2) is 27.5. The van der Waals surface area contributed by atoms with Gasteiger partial charge >= 0.3 is 102 Å². The Morgan fingerprint density at radius 2 is 0.865 bits per heavy atom. The first kappa shape index (κ1) is 45.4. The van der Waals surface area contributed by atoms with E-state index >= 15 is 0 Å². The van der Waals surface area contributed by atoms with Crippen LogP contribution in [0, 0.1) is 6.07 Å². The summed E-state index contributed by atoms with van der Waals surface area (Å²) < 4.78 is 2.66. The minimum Gasteiger partial charge on any atom is -0.184 e. The summed E-state index contributed by atoms with van der Waals surface area (Å²) in [4.78, 5) is 0. The molecule has 0 spiro atoms. The standard InChI is InChI=1S/2C6H15P.2C6H5.2C4H9.Pt.Sn.V/c2*1-4-7(5-2)6-3;2*1-2-4-6-5-3-1;2*1-4(2)3;;;/h2*4-6H2,1-3H3;2*1-5H;2*1-3H3;;;/q;;;-1;;;;;. The van der Waals surface area contributed by atoms with Gasteiger partial charge in [0.15, 0.2) is 0 Å². The van der Waals surface area contributed by atoms with E-state index in [1.54, 1.807) is 3.58 Å². The number of hydrogen-bond donors (Lipinski definition) is 0. The summed E-state index contributed by atoms with van der Waals surface area (Å²) in [5.41, 5.74) is 0. The SMILES string of the molecule is CCP(CC)CC.CCP(CC)CC.C[C](C)(C)[Sn]([c]1ccccc1)[C](C)(C)C.[Pt].[V].[c-]1ccccc1. The molecule has 2 aromatic rings. The summed E-state index contributed by atoms with van der Waals surface area (Å²) in [5.74, 6) is 0. The van der Waals surface area contributed by atoms with Gasteiger partial charge in [0.2, 0.25) is 0 Å². The van der Waals surface area contributed by atoms with Crippen molar-refractivity contribution in [2.75, 3.05) is 37.0 Å². The molecule has 0 saturated carbocycles. The zero-order valence-electron chi connectivity index (χ0n) is 26.2. The van der Waals surface area contributed by atoms with Crippen molar-refractivity contribution < 1.29 is 39.6 Å². The quantitative estimate of drug-likeness (QED) is 0.148. The van der Waals surface area contributed by atoms with Crippen LogP contribution >= 0.6 is 15.8 Å². The molecule has 0 aliphatic rings. The van der Waals surface area contributed by atoms with Gasteiger partial charge in [0.1, 0.15) is 0 Å². The van der Waals surface area contributed by atoms with Gasteiger partial charge in [-0.2, -0.15) is 36.4 Å². The molecule has 0 unspecified atom stereocenters. The number of benzene rings is 2. The number of hydrogen-bond acceptors (Lipinski definition) is 0. The molecule has 2 radical (unpaired) electrons. The van der Waals surface area contributed by atoms with E-state index < -0.39 is 19.8 Å². The van der Waals surface area contributed by atoms with Gasteiger partial charge in [-0.1, -0.05) is 41.5 Å². The van der Waals surface area contributed by atoms with E-state index in [0.29, 0.717) is 22.7 Å².